The van der Waals surface area contributed by atoms with Crippen molar-refractivity contribution in [3.63, 3.8) is 0 Å². The predicted molar refractivity (Wildman–Crippen MR) is 68.2 cm³/mol. The lowest BCUT2D eigenvalue weighted by molar-refractivity contribution is 0.101. The van der Waals surface area contributed by atoms with Crippen molar-refractivity contribution in [3.05, 3.63) is 35.0 Å². The summed E-state index contributed by atoms with van der Waals surface area (Å²) < 4.78 is 5.43. The van der Waals surface area contributed by atoms with Crippen molar-refractivity contribution in [3.8, 4) is 6.07 Å². The smallest absolute Gasteiger partial charge is 0.217 e. The molecule has 2 aromatic heterocycles. The van der Waals surface area contributed by atoms with Crippen LogP contribution < -0.4 is 5.32 Å². The first-order valence-electron chi connectivity index (χ1n) is 5.63. The highest BCUT2D eigenvalue weighted by molar-refractivity contribution is 5.99. The van der Waals surface area contributed by atoms with E-state index in [2.05, 4.69) is 15.3 Å². The van der Waals surface area contributed by atoms with Gasteiger partial charge in [-0.2, -0.15) is 5.26 Å². The zero-order valence-corrected chi connectivity index (χ0v) is 10.8. The summed E-state index contributed by atoms with van der Waals surface area (Å²) in [4.78, 5) is 19.5. The number of aromatic nitrogens is 2. The summed E-state index contributed by atoms with van der Waals surface area (Å²) in [5.74, 6) is 0.943. The van der Waals surface area contributed by atoms with Gasteiger partial charge in [0, 0.05) is 11.8 Å². The molecule has 0 saturated carbocycles. The summed E-state index contributed by atoms with van der Waals surface area (Å²) in [5.41, 5.74) is 1.28. The van der Waals surface area contributed by atoms with Gasteiger partial charge in [-0.1, -0.05) is 0 Å². The summed E-state index contributed by atoms with van der Waals surface area (Å²) in [6.07, 6.45) is 1.41. The standard InChI is InChI=1S/C13H12N4O2/c1-7-4-11(16-6-15-7)17-13-10(5-14)12(8(2)18)9(3)19-13/h4,6H,1-3H3,(H,15,16,17). The van der Waals surface area contributed by atoms with Gasteiger partial charge in [0.25, 0.3) is 0 Å². The zero-order valence-electron chi connectivity index (χ0n) is 10.8. The summed E-state index contributed by atoms with van der Waals surface area (Å²) in [5, 5.41) is 12.0. The van der Waals surface area contributed by atoms with Crippen molar-refractivity contribution in [2.75, 3.05) is 5.32 Å². The number of carbonyl (C=O) groups excluding carboxylic acids is 1. The monoisotopic (exact) mass is 256 g/mol. The van der Waals surface area contributed by atoms with Crippen molar-refractivity contribution in [2.24, 2.45) is 0 Å². The molecule has 96 valence electrons. The van der Waals surface area contributed by atoms with Crippen LogP contribution in [0.2, 0.25) is 0 Å². The van der Waals surface area contributed by atoms with Crippen LogP contribution in [0, 0.1) is 25.2 Å². The molecular weight excluding hydrogens is 244 g/mol. The van der Waals surface area contributed by atoms with E-state index >= 15 is 0 Å². The summed E-state index contributed by atoms with van der Waals surface area (Å²) in [6.45, 7) is 4.87. The number of anilines is 2. The van der Waals surface area contributed by atoms with Crippen LogP contribution in [0.5, 0.6) is 0 Å². The molecule has 2 rings (SSSR count). The number of rotatable bonds is 3. The number of hydrogen-bond donors (Lipinski definition) is 1. The molecule has 0 aliphatic rings. The van der Waals surface area contributed by atoms with E-state index in [0.717, 1.165) is 5.69 Å². The van der Waals surface area contributed by atoms with E-state index in [-0.39, 0.29) is 17.2 Å². The van der Waals surface area contributed by atoms with E-state index in [1.165, 1.54) is 13.3 Å². The fourth-order valence-corrected chi connectivity index (χ4v) is 1.80. The van der Waals surface area contributed by atoms with Crippen LogP contribution in [0.3, 0.4) is 0 Å². The Kier molecular flexibility index (Phi) is 3.29. The Bertz CT molecular complexity index is 682. The zero-order chi connectivity index (χ0) is 14.0. The SMILES string of the molecule is CC(=O)c1c(C)oc(Nc2cc(C)ncn2)c1C#N. The molecule has 0 aliphatic heterocycles. The molecule has 0 atom stereocenters. The van der Waals surface area contributed by atoms with Crippen molar-refractivity contribution in [2.45, 2.75) is 20.8 Å². The van der Waals surface area contributed by atoms with Gasteiger partial charge in [0.1, 0.15) is 29.5 Å². The van der Waals surface area contributed by atoms with Crippen LogP contribution in [0.25, 0.3) is 0 Å². The van der Waals surface area contributed by atoms with Gasteiger partial charge in [0.15, 0.2) is 5.78 Å². The van der Waals surface area contributed by atoms with Crippen molar-refractivity contribution in [1.82, 2.24) is 9.97 Å². The fraction of sp³-hybridized carbons (Fsp3) is 0.231. The highest BCUT2D eigenvalue weighted by Crippen LogP contribution is 2.28. The average Bonchev–Trinajstić information content (AvgIpc) is 2.65. The molecule has 2 aromatic rings. The molecule has 0 amide bonds. The lowest BCUT2D eigenvalue weighted by Crippen LogP contribution is -1.98. The molecule has 1 N–H and O–H groups in total. The number of ketones is 1. The minimum absolute atomic E-state index is 0.196. The van der Waals surface area contributed by atoms with Gasteiger partial charge in [-0.05, 0) is 20.8 Å². The molecule has 0 aliphatic carbocycles. The maximum Gasteiger partial charge on any atom is 0.217 e. The number of nitrogens with one attached hydrogen (secondary N) is 1. The molecule has 6 heteroatoms. The Morgan fingerprint density at radius 2 is 2.16 bits per heavy atom. The molecule has 0 unspecified atom stereocenters. The van der Waals surface area contributed by atoms with Crippen molar-refractivity contribution >= 4 is 17.5 Å². The van der Waals surface area contributed by atoms with E-state index in [1.807, 2.05) is 13.0 Å². The van der Waals surface area contributed by atoms with Gasteiger partial charge < -0.3 is 9.73 Å². The second-order valence-electron chi connectivity index (χ2n) is 4.07. The molecule has 0 spiro atoms. The minimum atomic E-state index is -0.204. The van der Waals surface area contributed by atoms with Crippen LogP contribution in [-0.2, 0) is 0 Å². The first-order valence-corrected chi connectivity index (χ1v) is 5.63. The number of nitriles is 1. The van der Waals surface area contributed by atoms with Gasteiger partial charge in [0.05, 0.1) is 5.56 Å². The first-order chi connectivity index (χ1) is 9.02. The number of furan rings is 1. The Balaban J connectivity index is 2.44. The Morgan fingerprint density at radius 1 is 1.42 bits per heavy atom. The maximum absolute atomic E-state index is 11.5. The summed E-state index contributed by atoms with van der Waals surface area (Å²) >= 11 is 0. The van der Waals surface area contributed by atoms with Crippen molar-refractivity contribution < 1.29 is 9.21 Å². The van der Waals surface area contributed by atoms with E-state index in [9.17, 15) is 4.79 Å². The summed E-state index contributed by atoms with van der Waals surface area (Å²) in [6, 6.07) is 3.70. The van der Waals surface area contributed by atoms with E-state index in [1.54, 1.807) is 13.0 Å². The lowest BCUT2D eigenvalue weighted by atomic mass is 10.1. The third-order valence-corrected chi connectivity index (χ3v) is 2.59. The first kappa shape index (κ1) is 12.8. The third kappa shape index (κ3) is 2.45. The Labute approximate surface area is 110 Å². The van der Waals surface area contributed by atoms with Crippen LogP contribution in [0.1, 0.15) is 34.3 Å². The maximum atomic E-state index is 11.5. The molecule has 19 heavy (non-hydrogen) atoms. The predicted octanol–water partition coefficient (Wildman–Crippen LogP) is 2.50. The minimum Gasteiger partial charge on any atom is -0.443 e. The third-order valence-electron chi connectivity index (χ3n) is 2.59. The Hall–Kier alpha value is -2.68. The number of carbonyl (C=O) groups is 1. The number of Topliss-reactive ketones (excluding diaryl/α,β-unsaturated/α-hetero) is 1. The molecule has 0 fully saturated rings. The normalized spacial score (nSPS) is 10.0. The van der Waals surface area contributed by atoms with Gasteiger partial charge in [-0.3, -0.25) is 4.79 Å². The van der Waals surface area contributed by atoms with Crippen LogP contribution in [0.15, 0.2) is 16.8 Å². The summed E-state index contributed by atoms with van der Waals surface area (Å²) in [7, 11) is 0. The molecular formula is C13H12N4O2. The average molecular weight is 256 g/mol. The van der Waals surface area contributed by atoms with E-state index in [4.69, 9.17) is 9.68 Å². The second-order valence-corrected chi connectivity index (χ2v) is 4.07. The molecule has 0 bridgehead atoms. The second kappa shape index (κ2) is 4.90. The largest absolute Gasteiger partial charge is 0.443 e. The van der Waals surface area contributed by atoms with Gasteiger partial charge >= 0.3 is 0 Å². The molecule has 0 saturated heterocycles. The topological polar surface area (TPSA) is 91.8 Å². The molecule has 6 nitrogen and oxygen atoms in total. The lowest BCUT2D eigenvalue weighted by Gasteiger charge is -2.02. The van der Waals surface area contributed by atoms with E-state index in [0.29, 0.717) is 17.1 Å². The molecule has 2 heterocycles. The number of aryl methyl sites for hydroxylation is 2. The number of nitrogens with zero attached hydrogens (tertiary/aromatic N) is 3. The van der Waals surface area contributed by atoms with Gasteiger partial charge in [0.2, 0.25) is 5.88 Å². The fourth-order valence-electron chi connectivity index (χ4n) is 1.80. The highest BCUT2D eigenvalue weighted by atomic mass is 16.4. The van der Waals surface area contributed by atoms with Gasteiger partial charge in [-0.25, -0.2) is 9.97 Å². The quantitative estimate of drug-likeness (QED) is 0.848. The van der Waals surface area contributed by atoms with Crippen molar-refractivity contribution in [1.29, 1.82) is 5.26 Å². The molecule has 0 aromatic carbocycles. The number of hydrogen-bond acceptors (Lipinski definition) is 6. The van der Waals surface area contributed by atoms with Gasteiger partial charge in [-0.15, -0.1) is 0 Å². The van der Waals surface area contributed by atoms with E-state index < -0.39 is 0 Å². The van der Waals surface area contributed by atoms with Crippen LogP contribution >= 0.6 is 0 Å². The molecule has 0 radical (unpaired) electrons. The highest BCUT2D eigenvalue weighted by Gasteiger charge is 2.21. The Morgan fingerprint density at radius 3 is 2.74 bits per heavy atom. The van der Waals surface area contributed by atoms with Crippen LogP contribution in [0.4, 0.5) is 11.7 Å². The van der Waals surface area contributed by atoms with Crippen LogP contribution in [-0.4, -0.2) is 15.8 Å².